The number of H-pyrrole nitrogens is 1. The van der Waals surface area contributed by atoms with Crippen LogP contribution in [0.15, 0.2) is 30.6 Å². The molecule has 0 radical (unpaired) electrons. The molecule has 0 spiro atoms. The largest absolute Gasteiger partial charge is 0.376 e. The van der Waals surface area contributed by atoms with E-state index >= 15 is 0 Å². The zero-order valence-electron chi connectivity index (χ0n) is 21.0. The number of ether oxygens (including phenoxy) is 1. The first-order chi connectivity index (χ1) is 17.8. The Morgan fingerprint density at radius 1 is 1.16 bits per heavy atom. The van der Waals surface area contributed by atoms with E-state index in [1.165, 1.54) is 0 Å². The highest BCUT2D eigenvalue weighted by molar-refractivity contribution is 6.08. The summed E-state index contributed by atoms with van der Waals surface area (Å²) < 4.78 is 5.57. The summed E-state index contributed by atoms with van der Waals surface area (Å²) in [6.07, 6.45) is 4.04. The Labute approximate surface area is 213 Å². The third-order valence-corrected chi connectivity index (χ3v) is 7.21. The van der Waals surface area contributed by atoms with Crippen molar-refractivity contribution in [2.45, 2.75) is 38.3 Å². The highest BCUT2D eigenvalue weighted by atomic mass is 16.5. The number of carbonyl (C=O) groups excluding carboxylic acids is 1. The number of nitrogens with one attached hydrogen (secondary N) is 2. The lowest BCUT2D eigenvalue weighted by atomic mass is 9.82. The first-order valence-corrected chi connectivity index (χ1v) is 12.0. The highest BCUT2D eigenvalue weighted by Gasteiger charge is 2.58. The molecule has 2 aliphatic rings. The van der Waals surface area contributed by atoms with Crippen molar-refractivity contribution in [1.29, 1.82) is 5.26 Å². The summed E-state index contributed by atoms with van der Waals surface area (Å²) in [5.41, 5.74) is 2.69. The number of nitriles is 1. The molecule has 1 saturated heterocycles. The van der Waals surface area contributed by atoms with Crippen molar-refractivity contribution in [3.63, 3.8) is 0 Å². The molecule has 4 aromatic rings. The van der Waals surface area contributed by atoms with Crippen molar-refractivity contribution in [3.05, 3.63) is 47.8 Å². The number of aryl methyl sites for hydroxylation is 2. The summed E-state index contributed by atoms with van der Waals surface area (Å²) in [7, 11) is 1.64. The summed E-state index contributed by atoms with van der Waals surface area (Å²) in [4.78, 5) is 41.0. The summed E-state index contributed by atoms with van der Waals surface area (Å²) >= 11 is 0. The van der Waals surface area contributed by atoms with Gasteiger partial charge in [-0.05, 0) is 26.0 Å². The topological polar surface area (TPSA) is 146 Å². The number of rotatable bonds is 5. The number of aromatic nitrogens is 6. The van der Waals surface area contributed by atoms with Gasteiger partial charge >= 0.3 is 0 Å². The number of aromatic amines is 1. The van der Waals surface area contributed by atoms with E-state index in [1.54, 1.807) is 19.5 Å². The van der Waals surface area contributed by atoms with E-state index in [4.69, 9.17) is 9.72 Å². The van der Waals surface area contributed by atoms with Crippen molar-refractivity contribution in [3.8, 4) is 28.7 Å². The maximum atomic E-state index is 13.2. The summed E-state index contributed by atoms with van der Waals surface area (Å²) in [6.45, 7) is 6.71. The standard InChI is InChI=1S/C26H25N9O2/c1-5-19-31-20(21-23(32-19)34-22(33-21)16-9-28-14(2)29-10-16)15-6-7-18-17(8-15)26(11-27,24(36)30-18)35-12-25(3,13-35)37-4/h6-10H,5,12-13H2,1-4H3,(H,30,36)(H,31,32,33,34). The average molecular weight is 496 g/mol. The number of methoxy groups -OCH3 is 1. The number of hydrogen-bond acceptors (Lipinski definition) is 9. The average Bonchev–Trinajstić information content (AvgIpc) is 3.44. The minimum absolute atomic E-state index is 0.356. The van der Waals surface area contributed by atoms with Crippen LogP contribution in [0.2, 0.25) is 0 Å². The van der Waals surface area contributed by atoms with Crippen LogP contribution < -0.4 is 5.32 Å². The molecule has 5 heterocycles. The van der Waals surface area contributed by atoms with E-state index in [-0.39, 0.29) is 5.91 Å². The van der Waals surface area contributed by atoms with Crippen LogP contribution in [0.1, 0.15) is 31.1 Å². The quantitative estimate of drug-likeness (QED) is 0.427. The lowest BCUT2D eigenvalue weighted by Crippen LogP contribution is -2.68. The van der Waals surface area contributed by atoms with Crippen molar-refractivity contribution >= 4 is 22.8 Å². The molecule has 11 nitrogen and oxygen atoms in total. The SMILES string of the molecule is CCc1nc(-c2ccc3c(c2)C(C#N)(N2CC(C)(OC)C2)C(=O)N3)c2[nH]c(-c3cnc(C)nc3)nc2n1. The third-order valence-electron chi connectivity index (χ3n) is 7.21. The van der Waals surface area contributed by atoms with Gasteiger partial charge in [0.25, 0.3) is 5.91 Å². The summed E-state index contributed by atoms with van der Waals surface area (Å²) in [6, 6.07) is 7.89. The molecule has 2 aliphatic heterocycles. The molecule has 2 N–H and O–H groups in total. The van der Waals surface area contributed by atoms with E-state index < -0.39 is 11.1 Å². The van der Waals surface area contributed by atoms with Crippen LogP contribution in [-0.4, -0.2) is 66.5 Å². The molecule has 0 bridgehead atoms. The fraction of sp³-hybridized carbons (Fsp3) is 0.346. The molecular weight excluding hydrogens is 470 g/mol. The zero-order valence-corrected chi connectivity index (χ0v) is 21.0. The van der Waals surface area contributed by atoms with E-state index in [1.807, 2.05) is 43.9 Å². The van der Waals surface area contributed by atoms with E-state index in [9.17, 15) is 10.1 Å². The van der Waals surface area contributed by atoms with Crippen molar-refractivity contribution in [2.24, 2.45) is 0 Å². The Hall–Kier alpha value is -4.27. The van der Waals surface area contributed by atoms with Crippen molar-refractivity contribution in [1.82, 2.24) is 34.8 Å². The Bertz CT molecular complexity index is 1600. The van der Waals surface area contributed by atoms with Gasteiger partial charge in [0, 0.05) is 55.8 Å². The predicted molar refractivity (Wildman–Crippen MR) is 135 cm³/mol. The van der Waals surface area contributed by atoms with Crippen molar-refractivity contribution in [2.75, 3.05) is 25.5 Å². The van der Waals surface area contributed by atoms with E-state index in [2.05, 4.69) is 36.3 Å². The number of fused-ring (bicyclic) bond motifs is 2. The van der Waals surface area contributed by atoms with Crippen LogP contribution in [0.5, 0.6) is 0 Å². The predicted octanol–water partition coefficient (Wildman–Crippen LogP) is 2.74. The van der Waals surface area contributed by atoms with Gasteiger partial charge in [0.15, 0.2) is 5.65 Å². The molecule has 1 unspecified atom stereocenters. The molecule has 0 saturated carbocycles. The smallest absolute Gasteiger partial charge is 0.264 e. The van der Waals surface area contributed by atoms with Crippen molar-refractivity contribution < 1.29 is 9.53 Å². The lowest BCUT2D eigenvalue weighted by Gasteiger charge is -2.51. The van der Waals surface area contributed by atoms with Gasteiger partial charge in [0.1, 0.15) is 29.1 Å². The monoisotopic (exact) mass is 495 g/mol. The molecule has 1 amide bonds. The van der Waals surface area contributed by atoms with E-state index in [0.717, 1.165) is 11.1 Å². The molecule has 37 heavy (non-hydrogen) atoms. The van der Waals surface area contributed by atoms with Crippen LogP contribution in [0.25, 0.3) is 33.8 Å². The molecule has 11 heteroatoms. The van der Waals surface area contributed by atoms with Gasteiger partial charge in [-0.25, -0.2) is 24.9 Å². The number of amides is 1. The molecule has 186 valence electrons. The minimum Gasteiger partial charge on any atom is -0.376 e. The fourth-order valence-corrected chi connectivity index (χ4v) is 5.02. The van der Waals surface area contributed by atoms with Gasteiger partial charge in [0.05, 0.1) is 16.9 Å². The normalized spacial score (nSPS) is 20.4. The Balaban J connectivity index is 1.49. The maximum absolute atomic E-state index is 13.2. The molecule has 1 aromatic carbocycles. The Morgan fingerprint density at radius 3 is 2.59 bits per heavy atom. The van der Waals surface area contributed by atoms with Gasteiger partial charge in [0.2, 0.25) is 5.54 Å². The molecule has 0 aliphatic carbocycles. The molecular formula is C26H25N9O2. The third kappa shape index (κ3) is 3.41. The lowest BCUT2D eigenvalue weighted by molar-refractivity contribution is -0.154. The second-order valence-electron chi connectivity index (χ2n) is 9.69. The zero-order chi connectivity index (χ0) is 25.9. The number of hydrogen-bond donors (Lipinski definition) is 2. The number of anilines is 1. The molecule has 1 atom stereocenters. The summed E-state index contributed by atoms with van der Waals surface area (Å²) in [5.74, 6) is 1.54. The maximum Gasteiger partial charge on any atom is 0.264 e. The Kier molecular flexibility index (Phi) is 5.08. The van der Waals surface area contributed by atoms with Gasteiger partial charge < -0.3 is 15.0 Å². The van der Waals surface area contributed by atoms with Crippen LogP contribution >= 0.6 is 0 Å². The molecule has 1 fully saturated rings. The Morgan fingerprint density at radius 2 is 1.92 bits per heavy atom. The second kappa shape index (κ2) is 8.12. The minimum atomic E-state index is -1.44. The number of imidazole rings is 1. The summed E-state index contributed by atoms with van der Waals surface area (Å²) in [5, 5.41) is 13.2. The number of carbonyl (C=O) groups is 1. The number of nitrogens with zero attached hydrogens (tertiary/aromatic N) is 7. The van der Waals surface area contributed by atoms with Crippen LogP contribution in [0.4, 0.5) is 5.69 Å². The first-order valence-electron chi connectivity index (χ1n) is 12.0. The van der Waals surface area contributed by atoms with E-state index in [0.29, 0.717) is 65.1 Å². The van der Waals surface area contributed by atoms with Gasteiger partial charge in [-0.1, -0.05) is 13.0 Å². The van der Waals surface area contributed by atoms with Crippen LogP contribution in [0, 0.1) is 18.3 Å². The second-order valence-corrected chi connectivity index (χ2v) is 9.69. The first kappa shape index (κ1) is 23.1. The van der Waals surface area contributed by atoms with Gasteiger partial charge in [-0.2, -0.15) is 5.26 Å². The molecule has 6 rings (SSSR count). The number of likely N-dealkylation sites (tertiary alicyclic amines) is 1. The van der Waals surface area contributed by atoms with Gasteiger partial charge in [-0.3, -0.25) is 9.69 Å². The fourth-order valence-electron chi connectivity index (χ4n) is 5.02. The number of benzene rings is 1. The van der Waals surface area contributed by atoms with Crippen LogP contribution in [-0.2, 0) is 21.5 Å². The van der Waals surface area contributed by atoms with Gasteiger partial charge in [-0.15, -0.1) is 0 Å². The van der Waals surface area contributed by atoms with Crippen LogP contribution in [0.3, 0.4) is 0 Å². The highest BCUT2D eigenvalue weighted by Crippen LogP contribution is 2.46. The molecule has 3 aromatic heterocycles.